The number of carbonyl (C=O) groups is 1. The summed E-state index contributed by atoms with van der Waals surface area (Å²) in [6, 6.07) is 0.118. The van der Waals surface area contributed by atoms with Gasteiger partial charge in [-0.1, -0.05) is 11.6 Å². The summed E-state index contributed by atoms with van der Waals surface area (Å²) in [4.78, 5) is 32.6. The van der Waals surface area contributed by atoms with E-state index in [1.807, 2.05) is 25.7 Å². The van der Waals surface area contributed by atoms with Crippen LogP contribution in [0, 0.1) is 5.82 Å². The van der Waals surface area contributed by atoms with Crippen molar-refractivity contribution in [2.24, 2.45) is 0 Å². The van der Waals surface area contributed by atoms with Gasteiger partial charge >= 0.3 is 12.1 Å². The molecule has 1 amide bonds. The van der Waals surface area contributed by atoms with Crippen molar-refractivity contribution < 1.29 is 18.7 Å². The molecule has 0 spiro atoms. The Balaban J connectivity index is 1.28. The highest BCUT2D eigenvalue weighted by Crippen LogP contribution is 2.44. The molecule has 2 atom stereocenters. The van der Waals surface area contributed by atoms with Gasteiger partial charge in [-0.25, -0.2) is 14.2 Å². The Hall–Kier alpha value is -2.46. The third kappa shape index (κ3) is 4.67. The summed E-state index contributed by atoms with van der Waals surface area (Å²) >= 11 is 6.02. The Morgan fingerprint density at radius 2 is 1.84 bits per heavy atom. The van der Waals surface area contributed by atoms with Crippen molar-refractivity contribution in [1.82, 2.24) is 24.8 Å². The Morgan fingerprint density at radius 3 is 2.46 bits per heavy atom. The van der Waals surface area contributed by atoms with Crippen molar-refractivity contribution in [3.8, 4) is 6.01 Å². The number of piperazine rings is 1. The van der Waals surface area contributed by atoms with Crippen molar-refractivity contribution in [3.05, 3.63) is 17.2 Å². The average Bonchev–Trinajstić information content (AvgIpc) is 3.31. The van der Waals surface area contributed by atoms with Crippen LogP contribution < -0.4 is 9.64 Å². The lowest BCUT2D eigenvalue weighted by Gasteiger charge is -2.42. The molecule has 37 heavy (non-hydrogen) atoms. The number of halogens is 2. The molecule has 9 nitrogen and oxygen atoms in total. The van der Waals surface area contributed by atoms with E-state index in [2.05, 4.69) is 19.8 Å². The maximum Gasteiger partial charge on any atom is 0.410 e. The lowest BCUT2D eigenvalue weighted by Crippen LogP contribution is -2.57. The molecule has 4 fully saturated rings. The van der Waals surface area contributed by atoms with Crippen LogP contribution >= 0.6 is 11.6 Å². The lowest BCUT2D eigenvalue weighted by atomic mass is 10.1. The summed E-state index contributed by atoms with van der Waals surface area (Å²) in [7, 11) is 0. The number of ether oxygens (including phenoxy) is 2. The molecule has 2 bridgehead atoms. The highest BCUT2D eigenvalue weighted by atomic mass is 35.5. The second-order valence-corrected chi connectivity index (χ2v) is 12.2. The van der Waals surface area contributed by atoms with Crippen LogP contribution in [0.2, 0.25) is 5.15 Å². The summed E-state index contributed by atoms with van der Waals surface area (Å²) in [6.45, 7) is 9.41. The molecule has 5 heterocycles. The van der Waals surface area contributed by atoms with Crippen molar-refractivity contribution in [2.75, 3.05) is 37.7 Å². The standard InChI is InChI=1S/C26H34ClFN6O3/c1-25(2,3)37-24(35)34-16-6-7-17(34)14-32(13-16)22-18-12-29-21(27)19(28)20(18)30-23(31-22)36-15-26(8-9-26)33-10-4-5-11-33/h12,16-17H,4-11,13-15H2,1-3H3/t16-,17+. The largest absolute Gasteiger partial charge is 0.461 e. The molecular formula is C26H34ClFN6O3. The molecule has 2 aromatic heterocycles. The van der Waals surface area contributed by atoms with Gasteiger partial charge < -0.3 is 14.4 Å². The monoisotopic (exact) mass is 532 g/mol. The van der Waals surface area contributed by atoms with Crippen molar-refractivity contribution >= 4 is 34.4 Å². The molecule has 0 aromatic carbocycles. The zero-order valence-corrected chi connectivity index (χ0v) is 22.4. The van der Waals surface area contributed by atoms with Crippen LogP contribution in [0.25, 0.3) is 10.9 Å². The van der Waals surface area contributed by atoms with E-state index in [-0.39, 0.29) is 40.4 Å². The van der Waals surface area contributed by atoms with Gasteiger partial charge in [0.2, 0.25) is 0 Å². The van der Waals surface area contributed by atoms with Gasteiger partial charge in [-0.05, 0) is 72.4 Å². The third-order valence-corrected chi connectivity index (χ3v) is 8.32. The van der Waals surface area contributed by atoms with E-state index in [9.17, 15) is 4.79 Å². The summed E-state index contributed by atoms with van der Waals surface area (Å²) in [5.74, 6) is -0.112. The van der Waals surface area contributed by atoms with Gasteiger partial charge in [-0.15, -0.1) is 0 Å². The first-order valence-corrected chi connectivity index (χ1v) is 13.7. The van der Waals surface area contributed by atoms with Gasteiger partial charge in [-0.3, -0.25) is 9.80 Å². The molecule has 1 aliphatic carbocycles. The quantitative estimate of drug-likeness (QED) is 0.524. The summed E-state index contributed by atoms with van der Waals surface area (Å²) in [5, 5.41) is 0.258. The second-order valence-electron chi connectivity index (χ2n) is 11.8. The van der Waals surface area contributed by atoms with Gasteiger partial charge in [0.25, 0.3) is 0 Å². The van der Waals surface area contributed by atoms with Gasteiger partial charge in [0.15, 0.2) is 11.0 Å². The first-order valence-electron chi connectivity index (χ1n) is 13.3. The molecule has 11 heteroatoms. The normalized spacial score (nSPS) is 25.1. The van der Waals surface area contributed by atoms with E-state index in [1.54, 1.807) is 0 Å². The second kappa shape index (κ2) is 9.08. The van der Waals surface area contributed by atoms with E-state index in [1.165, 1.54) is 19.0 Å². The van der Waals surface area contributed by atoms with Crippen LogP contribution in [-0.2, 0) is 4.74 Å². The number of hydrogen-bond donors (Lipinski definition) is 0. The molecule has 3 aliphatic heterocycles. The van der Waals surface area contributed by atoms with E-state index in [4.69, 9.17) is 26.1 Å². The fourth-order valence-corrected chi connectivity index (χ4v) is 6.22. The number of nitrogens with zero attached hydrogens (tertiary/aromatic N) is 6. The summed E-state index contributed by atoms with van der Waals surface area (Å²) in [5.41, 5.74) is -0.409. The highest BCUT2D eigenvalue weighted by Gasteiger charge is 2.50. The Bertz CT molecular complexity index is 1200. The van der Waals surface area contributed by atoms with Crippen LogP contribution in [0.3, 0.4) is 0 Å². The fourth-order valence-electron chi connectivity index (χ4n) is 6.08. The Kier molecular flexibility index (Phi) is 6.10. The maximum atomic E-state index is 15.1. The first kappa shape index (κ1) is 24.9. The number of amides is 1. The highest BCUT2D eigenvalue weighted by molar-refractivity contribution is 6.30. The van der Waals surface area contributed by atoms with Crippen molar-refractivity contribution in [2.45, 2.75) is 82.5 Å². The molecule has 0 N–H and O–H groups in total. The zero-order valence-electron chi connectivity index (χ0n) is 21.7. The number of rotatable bonds is 5. The molecule has 0 unspecified atom stereocenters. The van der Waals surface area contributed by atoms with E-state index < -0.39 is 11.4 Å². The number of hydrogen-bond acceptors (Lipinski definition) is 8. The van der Waals surface area contributed by atoms with Crippen LogP contribution in [0.1, 0.15) is 59.3 Å². The smallest absolute Gasteiger partial charge is 0.410 e. The zero-order chi connectivity index (χ0) is 25.9. The van der Waals surface area contributed by atoms with E-state index in [0.717, 1.165) is 38.8 Å². The number of likely N-dealkylation sites (tertiary alicyclic amines) is 1. The van der Waals surface area contributed by atoms with Gasteiger partial charge in [0, 0.05) is 19.3 Å². The molecule has 6 rings (SSSR count). The summed E-state index contributed by atoms with van der Waals surface area (Å²) in [6.07, 6.45) is 7.61. The van der Waals surface area contributed by atoms with Gasteiger partial charge in [0.05, 0.1) is 23.0 Å². The topological polar surface area (TPSA) is 83.9 Å². The van der Waals surface area contributed by atoms with Crippen molar-refractivity contribution in [3.63, 3.8) is 0 Å². The molecule has 4 aliphatic rings. The minimum atomic E-state index is -0.677. The number of fused-ring (bicyclic) bond motifs is 3. The lowest BCUT2D eigenvalue weighted by molar-refractivity contribution is 0.0123. The maximum absolute atomic E-state index is 15.1. The Labute approximate surface area is 221 Å². The third-order valence-electron chi connectivity index (χ3n) is 8.06. The molecule has 3 saturated heterocycles. The minimum absolute atomic E-state index is 0.0158. The predicted octanol–water partition coefficient (Wildman–Crippen LogP) is 4.41. The predicted molar refractivity (Wildman–Crippen MR) is 138 cm³/mol. The van der Waals surface area contributed by atoms with Crippen LogP contribution in [0.4, 0.5) is 15.0 Å². The minimum Gasteiger partial charge on any atom is -0.461 e. The van der Waals surface area contributed by atoms with E-state index in [0.29, 0.717) is 30.9 Å². The molecule has 1 saturated carbocycles. The van der Waals surface area contributed by atoms with Gasteiger partial charge in [0.1, 0.15) is 23.5 Å². The number of anilines is 1. The SMILES string of the molecule is CC(C)(C)OC(=O)N1[C@@H]2CC[C@H]1CN(c1nc(OCC3(N4CCCC4)CC3)nc3c(F)c(Cl)ncc13)C2. The summed E-state index contributed by atoms with van der Waals surface area (Å²) < 4.78 is 26.9. The van der Waals surface area contributed by atoms with Crippen molar-refractivity contribution in [1.29, 1.82) is 0 Å². The Morgan fingerprint density at radius 1 is 1.16 bits per heavy atom. The molecule has 200 valence electrons. The molecule has 0 radical (unpaired) electrons. The fraction of sp³-hybridized carbons (Fsp3) is 0.692. The average molecular weight is 533 g/mol. The first-order chi connectivity index (χ1) is 17.6. The number of pyridine rings is 1. The van der Waals surface area contributed by atoms with E-state index >= 15 is 4.39 Å². The molecule has 2 aromatic rings. The van der Waals surface area contributed by atoms with Crippen LogP contribution in [0.5, 0.6) is 6.01 Å². The van der Waals surface area contributed by atoms with Crippen LogP contribution in [-0.4, -0.2) is 86.9 Å². The molecular weight excluding hydrogens is 499 g/mol. The van der Waals surface area contributed by atoms with Gasteiger partial charge in [-0.2, -0.15) is 9.97 Å². The van der Waals surface area contributed by atoms with Crippen LogP contribution in [0.15, 0.2) is 6.20 Å². The number of aromatic nitrogens is 3. The number of carbonyl (C=O) groups excluding carboxylic acids is 1.